The maximum atomic E-state index is 14.0. The lowest BCUT2D eigenvalue weighted by molar-refractivity contribution is -0.154. The average molecular weight is 447 g/mol. The molecule has 0 spiro atoms. The van der Waals surface area contributed by atoms with E-state index in [4.69, 9.17) is 4.52 Å². The topological polar surface area (TPSA) is 95.7 Å². The molecule has 7 nitrogen and oxygen atoms in total. The Morgan fingerprint density at radius 3 is 2.62 bits per heavy atom. The minimum Gasteiger partial charge on any atom is -0.481 e. The second kappa shape index (κ2) is 8.97. The van der Waals surface area contributed by atoms with Crippen molar-refractivity contribution in [3.8, 4) is 11.3 Å². The van der Waals surface area contributed by atoms with E-state index in [1.165, 1.54) is 18.6 Å². The second-order valence-electron chi connectivity index (χ2n) is 9.00. The lowest BCUT2D eigenvalue weighted by Crippen LogP contribution is -2.61. The molecule has 1 saturated heterocycles. The van der Waals surface area contributed by atoms with Crippen LogP contribution in [0.3, 0.4) is 0 Å². The predicted octanol–water partition coefficient (Wildman–Crippen LogP) is 3.85. The zero-order valence-corrected chi connectivity index (χ0v) is 17.9. The highest BCUT2D eigenvalue weighted by molar-refractivity contribution is 5.94. The van der Waals surface area contributed by atoms with Crippen LogP contribution in [0.25, 0.3) is 11.3 Å². The summed E-state index contributed by atoms with van der Waals surface area (Å²) in [6, 6.07) is 4.07. The summed E-state index contributed by atoms with van der Waals surface area (Å²) in [5.74, 6) is -3.12. The summed E-state index contributed by atoms with van der Waals surface area (Å²) < 4.78 is 32.2. The Morgan fingerprint density at radius 2 is 1.94 bits per heavy atom. The Balaban J connectivity index is 1.47. The number of carbonyl (C=O) groups excluding carboxylic acids is 1. The number of rotatable bonds is 5. The fourth-order valence-electron chi connectivity index (χ4n) is 4.86. The molecule has 172 valence electrons. The Hall–Kier alpha value is -2.81. The van der Waals surface area contributed by atoms with Crippen molar-refractivity contribution < 1.29 is 28.0 Å². The molecule has 1 aromatic heterocycles. The van der Waals surface area contributed by atoms with Crippen molar-refractivity contribution in [3.05, 3.63) is 41.6 Å². The van der Waals surface area contributed by atoms with Gasteiger partial charge in [0, 0.05) is 37.3 Å². The molecule has 1 aliphatic carbocycles. The molecule has 32 heavy (non-hydrogen) atoms. The molecule has 2 aromatic rings. The first-order chi connectivity index (χ1) is 15.3. The average Bonchev–Trinajstić information content (AvgIpc) is 3.26. The number of halogens is 2. The van der Waals surface area contributed by atoms with Crippen LogP contribution in [-0.4, -0.2) is 52.2 Å². The third-order valence-corrected chi connectivity index (χ3v) is 6.83. The van der Waals surface area contributed by atoms with E-state index in [0.717, 1.165) is 37.8 Å². The molecule has 9 heteroatoms. The number of aliphatic carboxylic acids is 1. The molecule has 2 heterocycles. The van der Waals surface area contributed by atoms with Gasteiger partial charge in [-0.25, -0.2) is 8.78 Å². The molecular formula is C23H27F2N3O4. The predicted molar refractivity (Wildman–Crippen MR) is 112 cm³/mol. The van der Waals surface area contributed by atoms with E-state index in [2.05, 4.69) is 15.4 Å². The molecule has 1 amide bonds. The molecule has 1 aromatic carbocycles. The number of nitrogens with one attached hydrogen (secondary N) is 1. The van der Waals surface area contributed by atoms with Crippen molar-refractivity contribution in [2.45, 2.75) is 57.5 Å². The van der Waals surface area contributed by atoms with Crippen molar-refractivity contribution in [1.82, 2.24) is 15.4 Å². The molecule has 2 aliphatic rings. The number of piperidine rings is 1. The number of carbonyl (C=O) groups is 2. The van der Waals surface area contributed by atoms with Gasteiger partial charge in [0.1, 0.15) is 11.6 Å². The number of benzene rings is 1. The van der Waals surface area contributed by atoms with Gasteiger partial charge in [-0.15, -0.1) is 0 Å². The lowest BCUT2D eigenvalue weighted by atomic mass is 9.76. The minimum atomic E-state index is -1.15. The molecule has 2 unspecified atom stereocenters. The Kier molecular flexibility index (Phi) is 6.28. The maximum absolute atomic E-state index is 14.0. The zero-order valence-electron chi connectivity index (χ0n) is 17.9. The van der Waals surface area contributed by atoms with Crippen molar-refractivity contribution in [3.63, 3.8) is 0 Å². The molecule has 0 radical (unpaired) electrons. The van der Waals surface area contributed by atoms with Crippen molar-refractivity contribution >= 4 is 11.9 Å². The van der Waals surface area contributed by atoms with Gasteiger partial charge in [-0.05, 0) is 38.3 Å². The standard InChI is InChI=1S/C23H27F2N3O4/c1-23(22(30)31)13-28(15-5-3-2-4-6-15)10-9-20(23)26-21(29)18-12-19(32-27-18)16-8-7-14(24)11-17(16)25/h7-8,11-12,15,20H,2-6,9-10,13H2,1H3,(H,26,29)(H,30,31). The van der Waals surface area contributed by atoms with Crippen LogP contribution in [0, 0.1) is 17.0 Å². The summed E-state index contributed by atoms with van der Waals surface area (Å²) in [6.45, 7) is 2.74. The number of hydrogen-bond donors (Lipinski definition) is 2. The van der Waals surface area contributed by atoms with Gasteiger partial charge in [-0.1, -0.05) is 24.4 Å². The Bertz CT molecular complexity index is 1000. The number of hydrogen-bond acceptors (Lipinski definition) is 5. The molecule has 2 atom stereocenters. The van der Waals surface area contributed by atoms with E-state index < -0.39 is 35.0 Å². The Labute approximate surface area is 184 Å². The van der Waals surface area contributed by atoms with Crippen molar-refractivity contribution in [2.75, 3.05) is 13.1 Å². The van der Waals surface area contributed by atoms with Crippen LogP contribution in [-0.2, 0) is 4.79 Å². The van der Waals surface area contributed by atoms with Gasteiger partial charge in [0.25, 0.3) is 5.91 Å². The minimum absolute atomic E-state index is 0.0132. The molecular weight excluding hydrogens is 420 g/mol. The van der Waals surface area contributed by atoms with Crippen LogP contribution >= 0.6 is 0 Å². The SMILES string of the molecule is CC1(C(=O)O)CN(C2CCCCC2)CCC1NC(=O)c1cc(-c2ccc(F)cc2F)on1. The highest BCUT2D eigenvalue weighted by atomic mass is 19.1. The fourth-order valence-corrected chi connectivity index (χ4v) is 4.86. The molecule has 0 bridgehead atoms. The van der Waals surface area contributed by atoms with E-state index in [9.17, 15) is 23.5 Å². The molecule has 1 saturated carbocycles. The normalized spacial score (nSPS) is 24.9. The van der Waals surface area contributed by atoms with Crippen molar-refractivity contribution in [1.29, 1.82) is 0 Å². The summed E-state index contributed by atoms with van der Waals surface area (Å²) in [7, 11) is 0. The van der Waals surface area contributed by atoms with Gasteiger partial charge in [0.05, 0.1) is 11.0 Å². The van der Waals surface area contributed by atoms with Gasteiger partial charge in [0.15, 0.2) is 11.5 Å². The number of carboxylic acids is 1. The van der Waals surface area contributed by atoms with Crippen LogP contribution in [0.1, 0.15) is 55.9 Å². The first-order valence-electron chi connectivity index (χ1n) is 11.0. The monoisotopic (exact) mass is 447 g/mol. The summed E-state index contributed by atoms with van der Waals surface area (Å²) in [5, 5.41) is 16.5. The van der Waals surface area contributed by atoms with Gasteiger partial charge < -0.3 is 14.9 Å². The summed E-state index contributed by atoms with van der Waals surface area (Å²) in [6.07, 6.45) is 6.20. The van der Waals surface area contributed by atoms with Crippen LogP contribution in [0.15, 0.2) is 28.8 Å². The van der Waals surface area contributed by atoms with E-state index in [-0.39, 0.29) is 17.0 Å². The van der Waals surface area contributed by atoms with E-state index in [1.54, 1.807) is 6.92 Å². The highest BCUT2D eigenvalue weighted by Crippen LogP contribution is 2.35. The van der Waals surface area contributed by atoms with E-state index >= 15 is 0 Å². The number of carboxylic acid groups (broad SMARTS) is 1. The lowest BCUT2D eigenvalue weighted by Gasteiger charge is -2.47. The second-order valence-corrected chi connectivity index (χ2v) is 9.00. The highest BCUT2D eigenvalue weighted by Gasteiger charge is 2.48. The van der Waals surface area contributed by atoms with Gasteiger partial charge in [0.2, 0.25) is 0 Å². The largest absolute Gasteiger partial charge is 0.481 e. The quantitative estimate of drug-likeness (QED) is 0.723. The molecule has 2 fully saturated rings. The number of nitrogens with zero attached hydrogens (tertiary/aromatic N) is 2. The third-order valence-electron chi connectivity index (χ3n) is 6.83. The van der Waals surface area contributed by atoms with Gasteiger partial charge >= 0.3 is 5.97 Å². The first-order valence-corrected chi connectivity index (χ1v) is 11.0. The number of amides is 1. The fraction of sp³-hybridized carbons (Fsp3) is 0.522. The summed E-state index contributed by atoms with van der Waals surface area (Å²) >= 11 is 0. The molecule has 1 aliphatic heterocycles. The zero-order chi connectivity index (χ0) is 22.9. The van der Waals surface area contributed by atoms with Gasteiger partial charge in [-0.3, -0.25) is 14.5 Å². The van der Waals surface area contributed by atoms with Crippen LogP contribution in [0.2, 0.25) is 0 Å². The molecule has 4 rings (SSSR count). The van der Waals surface area contributed by atoms with Gasteiger partial charge in [-0.2, -0.15) is 0 Å². The van der Waals surface area contributed by atoms with Crippen LogP contribution in [0.5, 0.6) is 0 Å². The number of aromatic nitrogens is 1. The summed E-state index contributed by atoms with van der Waals surface area (Å²) in [5.41, 5.74) is -1.26. The van der Waals surface area contributed by atoms with E-state index in [1.807, 2.05) is 0 Å². The number of likely N-dealkylation sites (tertiary alicyclic amines) is 1. The van der Waals surface area contributed by atoms with Crippen LogP contribution < -0.4 is 5.32 Å². The maximum Gasteiger partial charge on any atom is 0.312 e. The van der Waals surface area contributed by atoms with Crippen molar-refractivity contribution in [2.24, 2.45) is 5.41 Å². The smallest absolute Gasteiger partial charge is 0.312 e. The van der Waals surface area contributed by atoms with E-state index in [0.29, 0.717) is 25.6 Å². The summed E-state index contributed by atoms with van der Waals surface area (Å²) in [4.78, 5) is 27.3. The first kappa shape index (κ1) is 22.4. The third kappa shape index (κ3) is 4.39. The van der Waals surface area contributed by atoms with Crippen LogP contribution in [0.4, 0.5) is 8.78 Å². The molecule has 2 N–H and O–H groups in total. The Morgan fingerprint density at radius 1 is 1.19 bits per heavy atom.